The summed E-state index contributed by atoms with van der Waals surface area (Å²) in [6.45, 7) is 1.80. The predicted octanol–water partition coefficient (Wildman–Crippen LogP) is 4.25. The maximum Gasteiger partial charge on any atom is 0.458 e. The average molecular weight is 297 g/mol. The quantitative estimate of drug-likeness (QED) is 0.566. The molecule has 108 valence electrons. The number of aryl methyl sites for hydroxylation is 1. The summed E-state index contributed by atoms with van der Waals surface area (Å²) in [6.07, 6.45) is -3.29. The molecule has 0 saturated carbocycles. The van der Waals surface area contributed by atoms with Crippen LogP contribution in [0.3, 0.4) is 0 Å². The smallest absolute Gasteiger partial charge is 0.256 e. The third-order valence-electron chi connectivity index (χ3n) is 2.58. The SMILES string of the molecule is Cc1ccc(-c2cc(F)c(C#CC(F)(F)F)c(F)c2)nc1. The van der Waals surface area contributed by atoms with Crippen LogP contribution in [-0.2, 0) is 0 Å². The molecule has 0 spiro atoms. The van der Waals surface area contributed by atoms with Crippen LogP contribution in [0.2, 0.25) is 0 Å². The normalized spacial score (nSPS) is 11.0. The molecule has 0 aliphatic carbocycles. The fraction of sp³-hybridized carbons (Fsp3) is 0.133. The average Bonchev–Trinajstić information content (AvgIpc) is 2.37. The lowest BCUT2D eigenvalue weighted by Crippen LogP contribution is -2.02. The fourth-order valence-corrected chi connectivity index (χ4v) is 1.61. The molecular weight excluding hydrogens is 289 g/mol. The van der Waals surface area contributed by atoms with E-state index >= 15 is 0 Å². The Hall–Kier alpha value is -2.42. The summed E-state index contributed by atoms with van der Waals surface area (Å²) in [5.41, 5.74) is 0.395. The third-order valence-corrected chi connectivity index (χ3v) is 2.58. The monoisotopic (exact) mass is 297 g/mol. The first kappa shape index (κ1) is 15.0. The molecule has 0 bridgehead atoms. The van der Waals surface area contributed by atoms with Crippen molar-refractivity contribution in [1.29, 1.82) is 0 Å². The summed E-state index contributed by atoms with van der Waals surface area (Å²) in [4.78, 5) is 4.00. The van der Waals surface area contributed by atoms with Gasteiger partial charge in [0.05, 0.1) is 11.3 Å². The first-order valence-corrected chi connectivity index (χ1v) is 5.78. The summed E-state index contributed by atoms with van der Waals surface area (Å²) in [5, 5.41) is 0. The van der Waals surface area contributed by atoms with Crippen LogP contribution in [0.1, 0.15) is 11.1 Å². The van der Waals surface area contributed by atoms with Gasteiger partial charge in [-0.1, -0.05) is 12.0 Å². The van der Waals surface area contributed by atoms with Gasteiger partial charge < -0.3 is 0 Å². The van der Waals surface area contributed by atoms with Crippen molar-refractivity contribution in [1.82, 2.24) is 4.98 Å². The summed E-state index contributed by atoms with van der Waals surface area (Å²) in [7, 11) is 0. The number of rotatable bonds is 1. The Morgan fingerprint density at radius 3 is 2.14 bits per heavy atom. The van der Waals surface area contributed by atoms with Crippen LogP contribution in [-0.4, -0.2) is 11.2 Å². The number of hydrogen-bond acceptors (Lipinski definition) is 1. The van der Waals surface area contributed by atoms with Gasteiger partial charge in [-0.05, 0) is 30.7 Å². The summed E-state index contributed by atoms with van der Waals surface area (Å²) >= 11 is 0. The van der Waals surface area contributed by atoms with Gasteiger partial charge in [0.1, 0.15) is 11.6 Å². The van der Waals surface area contributed by atoms with Crippen molar-refractivity contribution in [3.8, 4) is 23.1 Å². The molecule has 1 aromatic heterocycles. The Labute approximate surface area is 117 Å². The molecule has 0 aliphatic rings. The van der Waals surface area contributed by atoms with Crippen LogP contribution < -0.4 is 0 Å². The minimum absolute atomic E-state index is 0.127. The minimum atomic E-state index is -4.81. The number of hydrogen-bond donors (Lipinski definition) is 0. The lowest BCUT2D eigenvalue weighted by Gasteiger charge is -2.04. The Kier molecular flexibility index (Phi) is 3.94. The van der Waals surface area contributed by atoms with Crippen molar-refractivity contribution in [3.05, 3.63) is 53.2 Å². The van der Waals surface area contributed by atoms with E-state index in [-0.39, 0.29) is 5.56 Å². The van der Waals surface area contributed by atoms with E-state index in [0.29, 0.717) is 5.69 Å². The van der Waals surface area contributed by atoms with Crippen LogP contribution in [0.4, 0.5) is 22.0 Å². The molecular formula is C15H8F5N. The van der Waals surface area contributed by atoms with E-state index in [1.165, 1.54) is 12.1 Å². The molecule has 0 radical (unpaired) electrons. The van der Waals surface area contributed by atoms with E-state index in [1.54, 1.807) is 19.1 Å². The van der Waals surface area contributed by atoms with Gasteiger partial charge in [0.25, 0.3) is 0 Å². The van der Waals surface area contributed by atoms with Crippen molar-refractivity contribution < 1.29 is 22.0 Å². The zero-order valence-corrected chi connectivity index (χ0v) is 10.7. The van der Waals surface area contributed by atoms with E-state index in [9.17, 15) is 22.0 Å². The Balaban J connectivity index is 2.46. The maximum atomic E-state index is 13.7. The highest BCUT2D eigenvalue weighted by molar-refractivity contribution is 5.61. The van der Waals surface area contributed by atoms with Crippen molar-refractivity contribution in [2.75, 3.05) is 0 Å². The van der Waals surface area contributed by atoms with Gasteiger partial charge in [0.2, 0.25) is 0 Å². The largest absolute Gasteiger partial charge is 0.458 e. The van der Waals surface area contributed by atoms with Crippen molar-refractivity contribution in [2.45, 2.75) is 13.1 Å². The summed E-state index contributed by atoms with van der Waals surface area (Å²) < 4.78 is 63.3. The van der Waals surface area contributed by atoms with E-state index < -0.39 is 23.4 Å². The molecule has 0 fully saturated rings. The van der Waals surface area contributed by atoms with E-state index in [1.807, 2.05) is 0 Å². The molecule has 0 amide bonds. The lowest BCUT2D eigenvalue weighted by molar-refractivity contribution is -0.0696. The Bertz CT molecular complexity index is 697. The molecule has 2 aromatic rings. The molecule has 1 heterocycles. The zero-order chi connectivity index (χ0) is 15.6. The van der Waals surface area contributed by atoms with Gasteiger partial charge in [0, 0.05) is 17.7 Å². The number of alkyl halides is 3. The van der Waals surface area contributed by atoms with E-state index in [0.717, 1.165) is 23.6 Å². The number of aromatic nitrogens is 1. The van der Waals surface area contributed by atoms with Crippen molar-refractivity contribution in [3.63, 3.8) is 0 Å². The molecule has 21 heavy (non-hydrogen) atoms. The molecule has 0 aliphatic heterocycles. The van der Waals surface area contributed by atoms with Crippen molar-refractivity contribution >= 4 is 0 Å². The van der Waals surface area contributed by atoms with Crippen LogP contribution in [0, 0.1) is 30.4 Å². The summed E-state index contributed by atoms with van der Waals surface area (Å²) in [5.74, 6) is -0.0213. The first-order chi connectivity index (χ1) is 9.76. The van der Waals surface area contributed by atoms with Gasteiger partial charge in [-0.2, -0.15) is 13.2 Å². The molecule has 0 unspecified atom stereocenters. The zero-order valence-electron chi connectivity index (χ0n) is 10.7. The van der Waals surface area contributed by atoms with Crippen LogP contribution in [0.15, 0.2) is 30.5 Å². The highest BCUT2D eigenvalue weighted by Crippen LogP contribution is 2.23. The van der Waals surface area contributed by atoms with Crippen LogP contribution in [0.5, 0.6) is 0 Å². The van der Waals surface area contributed by atoms with Crippen LogP contribution in [0.25, 0.3) is 11.3 Å². The second-order valence-corrected chi connectivity index (χ2v) is 4.28. The van der Waals surface area contributed by atoms with Gasteiger partial charge in [-0.25, -0.2) is 8.78 Å². The number of halogens is 5. The maximum absolute atomic E-state index is 13.7. The molecule has 1 nitrogen and oxygen atoms in total. The Morgan fingerprint density at radius 2 is 1.67 bits per heavy atom. The standard InChI is InChI=1S/C15H8F5N/c1-9-2-3-14(21-8-9)10-6-12(16)11(13(17)7-10)4-5-15(18,19)20/h2-3,6-8H,1H3. The minimum Gasteiger partial charge on any atom is -0.256 e. The first-order valence-electron chi connectivity index (χ1n) is 5.78. The lowest BCUT2D eigenvalue weighted by atomic mass is 10.1. The van der Waals surface area contributed by atoms with Gasteiger partial charge in [0.15, 0.2) is 0 Å². The highest BCUT2D eigenvalue weighted by atomic mass is 19.4. The van der Waals surface area contributed by atoms with E-state index in [4.69, 9.17) is 0 Å². The molecule has 0 atom stereocenters. The van der Waals surface area contributed by atoms with Crippen LogP contribution >= 0.6 is 0 Å². The fourth-order valence-electron chi connectivity index (χ4n) is 1.61. The Morgan fingerprint density at radius 1 is 1.05 bits per heavy atom. The predicted molar refractivity (Wildman–Crippen MR) is 67.3 cm³/mol. The number of nitrogens with zero attached hydrogens (tertiary/aromatic N) is 1. The second kappa shape index (κ2) is 5.52. The number of pyridine rings is 1. The van der Waals surface area contributed by atoms with Gasteiger partial charge in [-0.15, -0.1) is 0 Å². The summed E-state index contributed by atoms with van der Waals surface area (Å²) in [6, 6.07) is 5.07. The number of benzene rings is 1. The highest BCUT2D eigenvalue weighted by Gasteiger charge is 2.23. The molecule has 0 N–H and O–H groups in total. The molecule has 0 saturated heterocycles. The molecule has 2 rings (SSSR count). The molecule has 6 heteroatoms. The van der Waals surface area contributed by atoms with Crippen molar-refractivity contribution in [2.24, 2.45) is 0 Å². The third kappa shape index (κ3) is 3.78. The second-order valence-electron chi connectivity index (χ2n) is 4.28. The molecule has 1 aromatic carbocycles. The van der Waals surface area contributed by atoms with Gasteiger partial charge in [-0.3, -0.25) is 4.98 Å². The van der Waals surface area contributed by atoms with E-state index in [2.05, 4.69) is 4.98 Å². The van der Waals surface area contributed by atoms with Gasteiger partial charge >= 0.3 is 6.18 Å². The topological polar surface area (TPSA) is 12.9 Å².